The van der Waals surface area contributed by atoms with E-state index in [1.807, 2.05) is 30.6 Å². The van der Waals surface area contributed by atoms with Gasteiger partial charge in [0, 0.05) is 6.42 Å². The molecule has 0 unspecified atom stereocenters. The normalized spacial score (nSPS) is 9.62. The van der Waals surface area contributed by atoms with Crippen LogP contribution in [0.5, 0.6) is 5.75 Å². The molecule has 0 amide bonds. The van der Waals surface area contributed by atoms with Crippen LogP contribution >= 0.6 is 0 Å². The van der Waals surface area contributed by atoms with Crippen LogP contribution in [-0.4, -0.2) is 13.4 Å². The Bertz CT molecular complexity index is 269. The van der Waals surface area contributed by atoms with Gasteiger partial charge in [0.1, 0.15) is 5.75 Å². The maximum Gasteiger partial charge on any atom is 0.198 e. The Morgan fingerprint density at radius 1 is 1.38 bits per heavy atom. The molecular weight excluding hydrogens is 164 g/mol. The molecule has 1 aromatic rings. The van der Waals surface area contributed by atoms with Crippen molar-refractivity contribution >= 4 is 6.29 Å². The molecule has 13 heavy (non-hydrogen) atoms. The number of carbonyl (C=O) groups excluding carboxylic acids is 1. The molecule has 0 fully saturated rings. The second kappa shape index (κ2) is 5.36. The molecule has 0 bridgehead atoms. The van der Waals surface area contributed by atoms with E-state index >= 15 is 0 Å². The Morgan fingerprint density at radius 2 is 2.15 bits per heavy atom. The van der Waals surface area contributed by atoms with E-state index < -0.39 is 0 Å². The van der Waals surface area contributed by atoms with Gasteiger partial charge < -0.3 is 4.74 Å². The number of para-hydroxylation sites is 1. The van der Waals surface area contributed by atoms with Crippen molar-refractivity contribution in [3.05, 3.63) is 29.8 Å². The molecule has 0 aliphatic carbocycles. The second-order valence-corrected chi connectivity index (χ2v) is 2.81. The summed E-state index contributed by atoms with van der Waals surface area (Å²) in [5.74, 6) is 0.897. The number of aryl methyl sites for hydroxylation is 1. The van der Waals surface area contributed by atoms with Crippen molar-refractivity contribution in [2.24, 2.45) is 0 Å². The van der Waals surface area contributed by atoms with Gasteiger partial charge in [0.15, 0.2) is 6.29 Å². The Labute approximate surface area is 78.5 Å². The highest BCUT2D eigenvalue weighted by atomic mass is 16.5. The lowest BCUT2D eigenvalue weighted by Gasteiger charge is -2.06. The first-order valence-electron chi connectivity index (χ1n) is 4.35. The van der Waals surface area contributed by atoms with Crippen molar-refractivity contribution in [1.82, 2.24) is 0 Å². The average molecular weight is 177 g/mol. The predicted molar refractivity (Wildman–Crippen MR) is 51.6 cm³/mol. The topological polar surface area (TPSA) is 26.3 Å². The molecule has 1 radical (unpaired) electrons. The second-order valence-electron chi connectivity index (χ2n) is 2.81. The smallest absolute Gasteiger partial charge is 0.198 e. The summed E-state index contributed by atoms with van der Waals surface area (Å²) in [4.78, 5) is 9.99. The summed E-state index contributed by atoms with van der Waals surface area (Å²) in [5.41, 5.74) is 1.15. The molecule has 1 rings (SSSR count). The van der Waals surface area contributed by atoms with Gasteiger partial charge in [-0.25, -0.2) is 0 Å². The number of rotatable bonds is 5. The zero-order valence-corrected chi connectivity index (χ0v) is 7.75. The molecule has 2 nitrogen and oxygen atoms in total. The van der Waals surface area contributed by atoms with Crippen LogP contribution in [0.2, 0.25) is 0 Å². The quantitative estimate of drug-likeness (QED) is 0.644. The molecular formula is C11H13O2. The zero-order chi connectivity index (χ0) is 9.52. The van der Waals surface area contributed by atoms with Crippen LogP contribution in [0.4, 0.5) is 0 Å². The van der Waals surface area contributed by atoms with Crippen molar-refractivity contribution < 1.29 is 9.53 Å². The van der Waals surface area contributed by atoms with Crippen LogP contribution in [0.3, 0.4) is 0 Å². The van der Waals surface area contributed by atoms with Crippen LogP contribution in [0.25, 0.3) is 0 Å². The van der Waals surface area contributed by atoms with E-state index in [1.54, 1.807) is 7.11 Å². The van der Waals surface area contributed by atoms with E-state index in [0.717, 1.165) is 24.2 Å². The Morgan fingerprint density at radius 3 is 2.85 bits per heavy atom. The summed E-state index contributed by atoms with van der Waals surface area (Å²) in [6, 6.07) is 7.86. The molecule has 0 spiro atoms. The molecule has 2 heteroatoms. The minimum Gasteiger partial charge on any atom is -0.496 e. The summed E-state index contributed by atoms with van der Waals surface area (Å²) >= 11 is 0. The van der Waals surface area contributed by atoms with E-state index in [1.165, 1.54) is 0 Å². The molecule has 1 aromatic carbocycles. The zero-order valence-electron chi connectivity index (χ0n) is 7.75. The van der Waals surface area contributed by atoms with Gasteiger partial charge in [-0.15, -0.1) is 0 Å². The molecule has 0 heterocycles. The lowest BCUT2D eigenvalue weighted by atomic mass is 10.1. The summed E-state index contributed by atoms with van der Waals surface area (Å²) in [5, 5.41) is 0. The highest BCUT2D eigenvalue weighted by molar-refractivity contribution is 5.50. The highest BCUT2D eigenvalue weighted by Crippen LogP contribution is 2.18. The number of methoxy groups -OCH3 is 1. The predicted octanol–water partition coefficient (Wildman–Crippen LogP) is 2.13. The van der Waals surface area contributed by atoms with E-state index in [-0.39, 0.29) is 0 Å². The molecule has 0 saturated heterocycles. The fraction of sp³-hybridized carbons (Fsp3) is 0.364. The van der Waals surface area contributed by atoms with Crippen molar-refractivity contribution in [2.45, 2.75) is 19.3 Å². The lowest BCUT2D eigenvalue weighted by molar-refractivity contribution is 0.409. The number of hydrogen-bond acceptors (Lipinski definition) is 2. The minimum atomic E-state index is 0.498. The molecule has 0 aromatic heterocycles. The highest BCUT2D eigenvalue weighted by Gasteiger charge is 2.00. The third kappa shape index (κ3) is 2.90. The van der Waals surface area contributed by atoms with Gasteiger partial charge in [0.2, 0.25) is 0 Å². The standard InChI is InChI=1S/C11H13O2/c1-13-11-8-3-2-6-10(11)7-4-5-9-12/h2-3,6,8H,4-5,7H2,1H3. The fourth-order valence-electron chi connectivity index (χ4n) is 1.26. The van der Waals surface area contributed by atoms with E-state index in [4.69, 9.17) is 4.74 Å². The van der Waals surface area contributed by atoms with Crippen molar-refractivity contribution in [3.63, 3.8) is 0 Å². The molecule has 0 saturated carbocycles. The van der Waals surface area contributed by atoms with Crippen LogP contribution in [0.1, 0.15) is 18.4 Å². The van der Waals surface area contributed by atoms with Crippen LogP contribution < -0.4 is 4.74 Å². The summed E-state index contributed by atoms with van der Waals surface area (Å²) in [7, 11) is 1.66. The third-order valence-electron chi connectivity index (χ3n) is 1.92. The first-order valence-corrected chi connectivity index (χ1v) is 4.35. The molecule has 0 N–H and O–H groups in total. The van der Waals surface area contributed by atoms with E-state index in [9.17, 15) is 4.79 Å². The van der Waals surface area contributed by atoms with Gasteiger partial charge >= 0.3 is 0 Å². The molecule has 69 valence electrons. The Hall–Kier alpha value is -1.31. The summed E-state index contributed by atoms with van der Waals surface area (Å²) in [6.07, 6.45) is 4.09. The van der Waals surface area contributed by atoms with Crippen molar-refractivity contribution in [2.75, 3.05) is 7.11 Å². The molecule has 0 aliphatic heterocycles. The van der Waals surface area contributed by atoms with E-state index in [0.29, 0.717) is 6.42 Å². The van der Waals surface area contributed by atoms with Crippen LogP contribution in [-0.2, 0) is 11.2 Å². The maximum atomic E-state index is 9.99. The van der Waals surface area contributed by atoms with Gasteiger partial charge in [-0.05, 0) is 24.5 Å². The monoisotopic (exact) mass is 177 g/mol. The number of benzene rings is 1. The SMILES string of the molecule is COc1ccccc1CCC[C]=O. The lowest BCUT2D eigenvalue weighted by Crippen LogP contribution is -1.92. The molecule has 0 aliphatic rings. The summed E-state index contributed by atoms with van der Waals surface area (Å²) < 4.78 is 5.18. The minimum absolute atomic E-state index is 0.498. The van der Waals surface area contributed by atoms with Crippen molar-refractivity contribution in [3.8, 4) is 5.75 Å². The van der Waals surface area contributed by atoms with Gasteiger partial charge in [-0.3, -0.25) is 4.79 Å². The number of ether oxygens (including phenoxy) is 1. The first-order chi connectivity index (χ1) is 6.38. The first kappa shape index (κ1) is 9.78. The van der Waals surface area contributed by atoms with E-state index in [2.05, 4.69) is 0 Å². The summed E-state index contributed by atoms with van der Waals surface area (Å²) in [6.45, 7) is 0. The number of unbranched alkanes of at least 4 members (excludes halogenated alkanes) is 1. The molecule has 0 atom stereocenters. The largest absolute Gasteiger partial charge is 0.496 e. The van der Waals surface area contributed by atoms with Gasteiger partial charge in [-0.1, -0.05) is 18.2 Å². The van der Waals surface area contributed by atoms with Crippen LogP contribution in [0.15, 0.2) is 24.3 Å². The van der Waals surface area contributed by atoms with Crippen molar-refractivity contribution in [1.29, 1.82) is 0 Å². The number of hydrogen-bond donors (Lipinski definition) is 0. The van der Waals surface area contributed by atoms with Gasteiger partial charge in [0.25, 0.3) is 0 Å². The average Bonchev–Trinajstić information content (AvgIpc) is 2.19. The van der Waals surface area contributed by atoms with Gasteiger partial charge in [-0.2, -0.15) is 0 Å². The fourth-order valence-corrected chi connectivity index (χ4v) is 1.26. The maximum absolute atomic E-state index is 9.99. The van der Waals surface area contributed by atoms with Crippen LogP contribution in [0, 0.1) is 0 Å². The Balaban J connectivity index is 2.58. The third-order valence-corrected chi connectivity index (χ3v) is 1.92. The Kier molecular flexibility index (Phi) is 4.03. The van der Waals surface area contributed by atoms with Gasteiger partial charge in [0.05, 0.1) is 7.11 Å².